The van der Waals surface area contributed by atoms with Gasteiger partial charge in [-0.3, -0.25) is 14.3 Å². The number of benzene rings is 1. The van der Waals surface area contributed by atoms with E-state index in [0.29, 0.717) is 47.1 Å². The van der Waals surface area contributed by atoms with Crippen molar-refractivity contribution in [3.05, 3.63) is 59.2 Å². The molecule has 12 heteroatoms. The van der Waals surface area contributed by atoms with E-state index in [1.165, 1.54) is 18.2 Å². The zero-order valence-corrected chi connectivity index (χ0v) is 23.3. The third-order valence-electron chi connectivity index (χ3n) is 6.78. The van der Waals surface area contributed by atoms with Crippen molar-refractivity contribution < 1.29 is 29.3 Å². The fourth-order valence-corrected chi connectivity index (χ4v) is 4.71. The number of hydrogen-bond donors (Lipinski definition) is 4. The van der Waals surface area contributed by atoms with E-state index in [2.05, 4.69) is 10.4 Å². The molecule has 2 aromatic heterocycles. The van der Waals surface area contributed by atoms with E-state index in [1.54, 1.807) is 40.9 Å². The molecule has 1 aliphatic rings. The normalized spacial score (nSPS) is 15.0. The number of rotatable bonds is 11. The number of aliphatic hydroxyl groups excluding tert-OH is 2. The van der Waals surface area contributed by atoms with E-state index in [1.807, 2.05) is 13.8 Å². The molecular formula is C29H35FN6O5. The molecule has 0 unspecified atom stereocenters. The highest BCUT2D eigenvalue weighted by molar-refractivity contribution is 5.93. The van der Waals surface area contributed by atoms with E-state index in [4.69, 9.17) is 15.1 Å². The number of carbonyl (C=O) groups is 2. The number of aliphatic carboxylic acids is 1. The Labute approximate surface area is 237 Å². The number of aryl methyl sites for hydroxylation is 1. The second-order valence-electron chi connectivity index (χ2n) is 10.4. The second kappa shape index (κ2) is 13.0. The number of aromatic nitrogens is 4. The Balaban J connectivity index is 1.70. The summed E-state index contributed by atoms with van der Waals surface area (Å²) in [6.45, 7) is 5.31. The van der Waals surface area contributed by atoms with Crippen LogP contribution in [-0.4, -0.2) is 77.1 Å². The molecule has 0 saturated carbocycles. The van der Waals surface area contributed by atoms with Crippen molar-refractivity contribution in [1.82, 2.24) is 24.6 Å². The summed E-state index contributed by atoms with van der Waals surface area (Å²) in [5.74, 6) is -1.04. The fraction of sp³-hybridized carbons (Fsp3) is 0.414. The third kappa shape index (κ3) is 7.53. The molecule has 1 aliphatic heterocycles. The largest absolute Gasteiger partial charge is 0.481 e. The van der Waals surface area contributed by atoms with Crippen LogP contribution in [-0.2, 0) is 11.8 Å². The van der Waals surface area contributed by atoms with Gasteiger partial charge in [0.1, 0.15) is 11.6 Å². The first kappa shape index (κ1) is 29.8. The molecule has 4 N–H and O–H groups in total. The topological polar surface area (TPSA) is 154 Å². The number of amides is 1. The summed E-state index contributed by atoms with van der Waals surface area (Å²) in [4.78, 5) is 34.9. The maximum Gasteiger partial charge on any atom is 0.305 e. The molecule has 1 aromatic carbocycles. The monoisotopic (exact) mass is 566 g/mol. The lowest BCUT2D eigenvalue weighted by atomic mass is 9.97. The number of halogens is 1. The highest BCUT2D eigenvalue weighted by atomic mass is 19.1. The van der Waals surface area contributed by atoms with Crippen molar-refractivity contribution in [2.75, 3.05) is 18.4 Å². The minimum atomic E-state index is -1.21. The van der Waals surface area contributed by atoms with Gasteiger partial charge in [-0.15, -0.1) is 0 Å². The second-order valence-corrected chi connectivity index (χ2v) is 10.4. The van der Waals surface area contributed by atoms with Gasteiger partial charge in [0, 0.05) is 43.8 Å². The van der Waals surface area contributed by atoms with Crippen LogP contribution in [0.4, 0.5) is 16.2 Å². The smallest absolute Gasteiger partial charge is 0.305 e. The van der Waals surface area contributed by atoms with Crippen LogP contribution in [0.3, 0.4) is 0 Å². The number of carbonyl (C=O) groups excluding carboxylic acids is 1. The lowest BCUT2D eigenvalue weighted by molar-refractivity contribution is -0.139. The van der Waals surface area contributed by atoms with Crippen LogP contribution in [0.5, 0.6) is 0 Å². The Morgan fingerprint density at radius 3 is 2.44 bits per heavy atom. The number of hydrogen-bond acceptors (Lipinski definition) is 8. The van der Waals surface area contributed by atoms with E-state index in [-0.39, 0.29) is 24.2 Å². The van der Waals surface area contributed by atoms with Crippen molar-refractivity contribution in [1.29, 1.82) is 0 Å². The van der Waals surface area contributed by atoms with Crippen LogP contribution in [0.1, 0.15) is 67.2 Å². The highest BCUT2D eigenvalue weighted by Gasteiger charge is 2.24. The molecule has 11 nitrogen and oxygen atoms in total. The summed E-state index contributed by atoms with van der Waals surface area (Å²) < 4.78 is 15.3. The average molecular weight is 567 g/mol. The number of carboxylic acid groups (broad SMARTS) is 1. The van der Waals surface area contributed by atoms with Crippen LogP contribution >= 0.6 is 0 Å². The predicted octanol–water partition coefficient (Wildman–Crippen LogP) is 3.72. The third-order valence-corrected chi connectivity index (χ3v) is 6.78. The number of aliphatic hydroxyl groups is 2. The molecule has 0 aliphatic carbocycles. The van der Waals surface area contributed by atoms with E-state index < -0.39 is 30.4 Å². The number of carboxylic acids is 1. The van der Waals surface area contributed by atoms with E-state index in [0.717, 1.165) is 12.8 Å². The summed E-state index contributed by atoms with van der Waals surface area (Å²) in [6.07, 6.45) is 2.06. The Kier molecular flexibility index (Phi) is 9.46. The summed E-state index contributed by atoms with van der Waals surface area (Å²) in [7, 11) is 1.71. The van der Waals surface area contributed by atoms with Crippen molar-refractivity contribution >= 4 is 29.7 Å². The molecule has 0 bridgehead atoms. The zero-order valence-electron chi connectivity index (χ0n) is 23.3. The minimum absolute atomic E-state index is 0.0917. The van der Waals surface area contributed by atoms with Gasteiger partial charge in [-0.1, -0.05) is 26.0 Å². The SMILES string of the molecule is CC(C)c1nc(Nc2cc(C(=O)N3CCCC3)nn2C)nc(-c2ccc(F)cc2)c1C=C[C@@H](O)C[C@@H](O)CC(=O)O. The van der Waals surface area contributed by atoms with Crippen LogP contribution in [0.25, 0.3) is 17.3 Å². The van der Waals surface area contributed by atoms with Crippen LogP contribution in [0.2, 0.25) is 0 Å². The van der Waals surface area contributed by atoms with Gasteiger partial charge in [0.05, 0.1) is 30.0 Å². The first-order valence-electron chi connectivity index (χ1n) is 13.6. The van der Waals surface area contributed by atoms with Crippen LogP contribution in [0.15, 0.2) is 36.4 Å². The standard InChI is InChI=1S/C29H35FN6O5/c1-17(2)26-22(11-10-20(37)14-21(38)15-25(39)40)27(18-6-8-19(30)9-7-18)33-29(32-26)31-24-16-23(34-35(24)3)28(41)36-12-4-5-13-36/h6-11,16-17,20-21,37-38H,4-5,12-15H2,1-3H3,(H,39,40)(H,31,32,33)/t20-,21-/m1/s1. The van der Waals surface area contributed by atoms with Crippen molar-refractivity contribution in [2.45, 2.75) is 57.7 Å². The molecule has 0 spiro atoms. The molecule has 218 valence electrons. The molecule has 1 amide bonds. The maximum absolute atomic E-state index is 13.8. The molecule has 0 radical (unpaired) electrons. The van der Waals surface area contributed by atoms with Crippen molar-refractivity contribution in [2.24, 2.45) is 7.05 Å². The molecule has 1 saturated heterocycles. The first-order chi connectivity index (χ1) is 19.5. The van der Waals surface area contributed by atoms with Gasteiger partial charge in [0.15, 0.2) is 5.69 Å². The quantitative estimate of drug-likeness (QED) is 0.272. The van der Waals surface area contributed by atoms with Gasteiger partial charge in [0.2, 0.25) is 5.95 Å². The number of nitrogens with zero attached hydrogens (tertiary/aromatic N) is 5. The van der Waals surface area contributed by atoms with Gasteiger partial charge >= 0.3 is 5.97 Å². The van der Waals surface area contributed by atoms with Gasteiger partial charge in [-0.2, -0.15) is 5.10 Å². The fourth-order valence-electron chi connectivity index (χ4n) is 4.71. The summed E-state index contributed by atoms with van der Waals surface area (Å²) >= 11 is 0. The van der Waals surface area contributed by atoms with Gasteiger partial charge in [-0.05, 0) is 43.0 Å². The van der Waals surface area contributed by atoms with Crippen LogP contribution < -0.4 is 5.32 Å². The molecule has 3 aromatic rings. The number of likely N-dealkylation sites (tertiary alicyclic amines) is 1. The Morgan fingerprint density at radius 1 is 1.12 bits per heavy atom. The van der Waals surface area contributed by atoms with Crippen molar-refractivity contribution in [3.63, 3.8) is 0 Å². The lowest BCUT2D eigenvalue weighted by Gasteiger charge is -2.17. The van der Waals surface area contributed by atoms with Crippen LogP contribution in [0, 0.1) is 5.82 Å². The van der Waals surface area contributed by atoms with Gasteiger partial charge < -0.3 is 25.5 Å². The Bertz CT molecular complexity index is 1420. The van der Waals surface area contributed by atoms with E-state index >= 15 is 0 Å². The minimum Gasteiger partial charge on any atom is -0.481 e. The highest BCUT2D eigenvalue weighted by Crippen LogP contribution is 2.31. The summed E-state index contributed by atoms with van der Waals surface area (Å²) in [5, 5.41) is 36.8. The van der Waals surface area contributed by atoms with Gasteiger partial charge in [-0.25, -0.2) is 14.4 Å². The van der Waals surface area contributed by atoms with E-state index in [9.17, 15) is 24.2 Å². The summed E-state index contributed by atoms with van der Waals surface area (Å²) in [6, 6.07) is 7.48. The molecule has 4 rings (SSSR count). The number of nitrogens with one attached hydrogen (secondary N) is 1. The average Bonchev–Trinajstić information content (AvgIpc) is 3.57. The molecule has 41 heavy (non-hydrogen) atoms. The number of anilines is 2. The zero-order chi connectivity index (χ0) is 29.7. The molecule has 3 heterocycles. The molecular weight excluding hydrogens is 531 g/mol. The van der Waals surface area contributed by atoms with Gasteiger partial charge in [0.25, 0.3) is 5.91 Å². The predicted molar refractivity (Wildman–Crippen MR) is 151 cm³/mol. The van der Waals surface area contributed by atoms with Crippen molar-refractivity contribution in [3.8, 4) is 11.3 Å². The Hall–Kier alpha value is -4.16. The lowest BCUT2D eigenvalue weighted by Crippen LogP contribution is -2.28. The molecule has 1 fully saturated rings. The first-order valence-corrected chi connectivity index (χ1v) is 13.6. The Morgan fingerprint density at radius 2 is 1.80 bits per heavy atom. The molecule has 2 atom stereocenters. The summed E-state index contributed by atoms with van der Waals surface area (Å²) in [5.41, 5.74) is 2.61. The maximum atomic E-state index is 13.8.